The molecule has 1 aromatic rings. The molecule has 1 aromatic carbocycles. The second-order valence-corrected chi connectivity index (χ2v) is 6.62. The summed E-state index contributed by atoms with van der Waals surface area (Å²) in [6, 6.07) is 7.63. The molecule has 0 radical (unpaired) electrons. The van der Waals surface area contributed by atoms with Crippen LogP contribution in [-0.4, -0.2) is 39.1 Å². The predicted molar refractivity (Wildman–Crippen MR) is 67.1 cm³/mol. The zero-order valence-electron chi connectivity index (χ0n) is 9.85. The van der Waals surface area contributed by atoms with Crippen molar-refractivity contribution in [3.05, 3.63) is 29.8 Å². The minimum absolute atomic E-state index is 0.102. The number of aryl methyl sites for hydroxylation is 1. The summed E-state index contributed by atoms with van der Waals surface area (Å²) >= 11 is 0. The van der Waals surface area contributed by atoms with Crippen LogP contribution in [0.3, 0.4) is 0 Å². The number of ether oxygens (including phenoxy) is 1. The van der Waals surface area contributed by atoms with E-state index in [9.17, 15) is 8.42 Å². The highest BCUT2D eigenvalue weighted by Gasteiger charge is 2.24. The summed E-state index contributed by atoms with van der Waals surface area (Å²) in [4.78, 5) is 0. The Balaban J connectivity index is 1.88. The zero-order valence-corrected chi connectivity index (χ0v) is 10.7. The first kappa shape index (κ1) is 12.4. The molecular formula is C12H17NO3S. The Hall–Kier alpha value is -1.07. The third kappa shape index (κ3) is 3.71. The van der Waals surface area contributed by atoms with Crippen LogP contribution in [0, 0.1) is 6.92 Å². The largest absolute Gasteiger partial charge is 0.492 e. The normalized spacial score (nSPS) is 23.2. The van der Waals surface area contributed by atoms with Crippen LogP contribution in [0.1, 0.15) is 5.56 Å². The van der Waals surface area contributed by atoms with Gasteiger partial charge in [0.2, 0.25) is 0 Å². The second-order valence-electron chi connectivity index (χ2n) is 4.39. The van der Waals surface area contributed by atoms with E-state index < -0.39 is 9.84 Å². The molecule has 1 fully saturated rings. The number of hydrogen-bond acceptors (Lipinski definition) is 4. The number of nitrogens with one attached hydrogen (secondary N) is 1. The number of benzene rings is 1. The molecule has 0 spiro atoms. The molecule has 1 aliphatic rings. The Morgan fingerprint density at radius 3 is 2.71 bits per heavy atom. The van der Waals surface area contributed by atoms with E-state index in [0.717, 1.165) is 5.75 Å². The molecule has 1 saturated heterocycles. The summed E-state index contributed by atoms with van der Waals surface area (Å²) < 4.78 is 28.4. The van der Waals surface area contributed by atoms with Crippen LogP contribution in [0.4, 0.5) is 0 Å². The van der Waals surface area contributed by atoms with Crippen molar-refractivity contribution in [3.8, 4) is 5.75 Å². The van der Waals surface area contributed by atoms with Crippen LogP contribution in [0.5, 0.6) is 5.75 Å². The monoisotopic (exact) mass is 255 g/mol. The summed E-state index contributed by atoms with van der Waals surface area (Å²) in [5, 5.41) is 3.15. The molecule has 1 unspecified atom stereocenters. The third-order valence-electron chi connectivity index (χ3n) is 2.77. The molecule has 0 amide bonds. The topological polar surface area (TPSA) is 55.4 Å². The molecule has 1 atom stereocenters. The van der Waals surface area contributed by atoms with Crippen LogP contribution in [0.25, 0.3) is 0 Å². The van der Waals surface area contributed by atoms with Crippen molar-refractivity contribution < 1.29 is 13.2 Å². The number of hydrogen-bond donors (Lipinski definition) is 1. The fraction of sp³-hybridized carbons (Fsp3) is 0.500. The molecule has 4 nitrogen and oxygen atoms in total. The highest BCUT2D eigenvalue weighted by Crippen LogP contribution is 2.12. The van der Waals surface area contributed by atoms with Crippen LogP contribution in [0.2, 0.25) is 0 Å². The van der Waals surface area contributed by atoms with Gasteiger partial charge in [0, 0.05) is 6.54 Å². The second kappa shape index (κ2) is 5.06. The summed E-state index contributed by atoms with van der Waals surface area (Å²) in [6.45, 7) is 2.92. The minimum Gasteiger partial charge on any atom is -0.492 e. The van der Waals surface area contributed by atoms with Gasteiger partial charge in [0.1, 0.15) is 12.4 Å². The molecule has 0 aliphatic carbocycles. The van der Waals surface area contributed by atoms with Crippen LogP contribution < -0.4 is 10.1 Å². The van der Waals surface area contributed by atoms with E-state index in [1.54, 1.807) is 0 Å². The highest BCUT2D eigenvalue weighted by molar-refractivity contribution is 7.91. The fourth-order valence-corrected chi connectivity index (χ4v) is 3.23. The van der Waals surface area contributed by atoms with Gasteiger partial charge in [-0.15, -0.1) is 0 Å². The van der Waals surface area contributed by atoms with Gasteiger partial charge in [-0.2, -0.15) is 0 Å². The van der Waals surface area contributed by atoms with Gasteiger partial charge >= 0.3 is 0 Å². The first-order chi connectivity index (χ1) is 8.05. The standard InChI is InChI=1S/C12H17NO3S/c1-10-2-4-12(5-3-10)16-8-11-9-17(14,15)7-6-13-11/h2-5,11,13H,6-9H2,1H3. The van der Waals surface area contributed by atoms with E-state index in [2.05, 4.69) is 5.32 Å². The predicted octanol–water partition coefficient (Wildman–Crippen LogP) is 0.760. The Kier molecular flexibility index (Phi) is 3.69. The van der Waals surface area contributed by atoms with Crippen molar-refractivity contribution in [1.82, 2.24) is 5.32 Å². The Morgan fingerprint density at radius 2 is 2.06 bits per heavy atom. The highest BCUT2D eigenvalue weighted by atomic mass is 32.2. The van der Waals surface area contributed by atoms with Crippen molar-refractivity contribution >= 4 is 9.84 Å². The smallest absolute Gasteiger partial charge is 0.153 e. The van der Waals surface area contributed by atoms with E-state index in [4.69, 9.17) is 4.74 Å². The van der Waals surface area contributed by atoms with E-state index in [0.29, 0.717) is 13.2 Å². The minimum atomic E-state index is -2.89. The maximum Gasteiger partial charge on any atom is 0.153 e. The molecule has 1 heterocycles. The van der Waals surface area contributed by atoms with Crippen molar-refractivity contribution in [3.63, 3.8) is 0 Å². The van der Waals surface area contributed by atoms with E-state index >= 15 is 0 Å². The molecule has 2 rings (SSSR count). The van der Waals surface area contributed by atoms with Crippen LogP contribution in [-0.2, 0) is 9.84 Å². The van der Waals surface area contributed by atoms with Crippen molar-refractivity contribution in [2.45, 2.75) is 13.0 Å². The number of sulfone groups is 1. The molecular weight excluding hydrogens is 238 g/mol. The Morgan fingerprint density at radius 1 is 1.35 bits per heavy atom. The third-order valence-corrected chi connectivity index (χ3v) is 4.51. The van der Waals surface area contributed by atoms with Gasteiger partial charge in [0.15, 0.2) is 9.84 Å². The number of rotatable bonds is 3. The van der Waals surface area contributed by atoms with Crippen LogP contribution in [0.15, 0.2) is 24.3 Å². The lowest BCUT2D eigenvalue weighted by Crippen LogP contribution is -2.48. The summed E-state index contributed by atoms with van der Waals surface area (Å²) in [6.07, 6.45) is 0. The van der Waals surface area contributed by atoms with E-state index in [1.807, 2.05) is 31.2 Å². The summed E-state index contributed by atoms with van der Waals surface area (Å²) in [5.41, 5.74) is 1.18. The molecule has 1 aliphatic heterocycles. The Labute approximate surface area is 102 Å². The average Bonchev–Trinajstić information content (AvgIpc) is 2.27. The van der Waals surface area contributed by atoms with Gasteiger partial charge in [-0.1, -0.05) is 17.7 Å². The van der Waals surface area contributed by atoms with Gasteiger partial charge in [0.25, 0.3) is 0 Å². The van der Waals surface area contributed by atoms with Gasteiger partial charge < -0.3 is 10.1 Å². The van der Waals surface area contributed by atoms with Gasteiger partial charge in [0.05, 0.1) is 17.5 Å². The molecule has 17 heavy (non-hydrogen) atoms. The van der Waals surface area contributed by atoms with Gasteiger partial charge in [-0.25, -0.2) is 8.42 Å². The molecule has 5 heteroatoms. The molecule has 94 valence electrons. The van der Waals surface area contributed by atoms with Crippen molar-refractivity contribution in [2.75, 3.05) is 24.7 Å². The zero-order chi connectivity index (χ0) is 12.3. The lowest BCUT2D eigenvalue weighted by Gasteiger charge is -2.23. The maximum absolute atomic E-state index is 11.4. The maximum atomic E-state index is 11.4. The quantitative estimate of drug-likeness (QED) is 0.866. The molecule has 1 N–H and O–H groups in total. The first-order valence-electron chi connectivity index (χ1n) is 5.68. The molecule has 0 saturated carbocycles. The van der Waals surface area contributed by atoms with Crippen LogP contribution >= 0.6 is 0 Å². The summed E-state index contributed by atoms with van der Waals surface area (Å²) in [7, 11) is -2.89. The fourth-order valence-electron chi connectivity index (χ4n) is 1.81. The van der Waals surface area contributed by atoms with Crippen molar-refractivity contribution in [2.24, 2.45) is 0 Å². The van der Waals surface area contributed by atoms with Gasteiger partial charge in [-0.05, 0) is 19.1 Å². The van der Waals surface area contributed by atoms with Crippen molar-refractivity contribution in [1.29, 1.82) is 0 Å². The molecule has 0 aromatic heterocycles. The lowest BCUT2D eigenvalue weighted by atomic mass is 10.2. The lowest BCUT2D eigenvalue weighted by molar-refractivity contribution is 0.273. The van der Waals surface area contributed by atoms with E-state index in [-0.39, 0.29) is 17.5 Å². The van der Waals surface area contributed by atoms with E-state index in [1.165, 1.54) is 5.56 Å². The van der Waals surface area contributed by atoms with Gasteiger partial charge in [-0.3, -0.25) is 0 Å². The SMILES string of the molecule is Cc1ccc(OCC2CS(=O)(=O)CCN2)cc1. The average molecular weight is 255 g/mol. The first-order valence-corrected chi connectivity index (χ1v) is 7.50. The molecule has 0 bridgehead atoms. The Bertz CT molecular complexity index is 467. The summed E-state index contributed by atoms with van der Waals surface area (Å²) in [5.74, 6) is 1.17.